The lowest BCUT2D eigenvalue weighted by Gasteiger charge is -2.15. The molecular weight excluding hydrogens is 370 g/mol. The fraction of sp³-hybridized carbons (Fsp3) is 0.143. The Morgan fingerprint density at radius 1 is 1.14 bits per heavy atom. The van der Waals surface area contributed by atoms with Crippen LogP contribution in [0.5, 0.6) is 0 Å². The van der Waals surface area contributed by atoms with E-state index in [1.807, 2.05) is 30.3 Å². The van der Waals surface area contributed by atoms with Crippen molar-refractivity contribution in [2.75, 3.05) is 12.8 Å². The van der Waals surface area contributed by atoms with Crippen molar-refractivity contribution in [2.45, 2.75) is 12.6 Å². The molecule has 0 radical (unpaired) electrons. The van der Waals surface area contributed by atoms with Crippen LogP contribution in [0.1, 0.15) is 27.7 Å². The van der Waals surface area contributed by atoms with Gasteiger partial charge in [-0.1, -0.05) is 48.5 Å². The normalized spacial score (nSPS) is 11.6. The smallest absolute Gasteiger partial charge is 0.325 e. The highest BCUT2D eigenvalue weighted by Crippen LogP contribution is 2.21. The van der Waals surface area contributed by atoms with Crippen molar-refractivity contribution < 1.29 is 14.7 Å². The average molecular weight is 391 g/mol. The molecule has 0 saturated heterocycles. The number of carbonyl (C=O) groups excluding carboxylic acids is 1. The highest BCUT2D eigenvalue weighted by atomic mass is 16.4. The highest BCUT2D eigenvalue weighted by molar-refractivity contribution is 5.96. The number of hydrogen-bond acceptors (Lipinski definition) is 6. The summed E-state index contributed by atoms with van der Waals surface area (Å²) in [6.45, 7) is 0.338. The second-order valence-corrected chi connectivity index (χ2v) is 6.33. The molecule has 1 aromatic heterocycles. The van der Waals surface area contributed by atoms with Crippen LogP contribution in [0.4, 0.5) is 5.82 Å². The molecule has 0 aliphatic carbocycles. The van der Waals surface area contributed by atoms with Gasteiger partial charge in [0, 0.05) is 19.2 Å². The Morgan fingerprint density at radius 2 is 1.90 bits per heavy atom. The van der Waals surface area contributed by atoms with Crippen LogP contribution < -0.4 is 16.4 Å². The van der Waals surface area contributed by atoms with E-state index < -0.39 is 17.9 Å². The summed E-state index contributed by atoms with van der Waals surface area (Å²) in [6.07, 6.45) is 1.50. The van der Waals surface area contributed by atoms with Gasteiger partial charge in [0.15, 0.2) is 11.5 Å². The van der Waals surface area contributed by atoms with E-state index in [1.165, 1.54) is 13.2 Å². The molecular formula is C21H21N5O3. The number of nitrogens with zero attached hydrogens (tertiary/aromatic N) is 2. The van der Waals surface area contributed by atoms with E-state index in [1.54, 1.807) is 24.3 Å². The average Bonchev–Trinajstić information content (AvgIpc) is 2.74. The van der Waals surface area contributed by atoms with Crippen LogP contribution in [0.3, 0.4) is 0 Å². The fourth-order valence-corrected chi connectivity index (χ4v) is 2.88. The summed E-state index contributed by atoms with van der Waals surface area (Å²) in [5, 5.41) is 15.1. The standard InChI is InChI=1S/C21H21N5O3/c1-23-20(27)18-19(22)25-12-16(26-18)15-9-5-6-13(10-15)11-24-17(21(28)29)14-7-3-2-4-8-14/h2-10,12,17,24H,11H2,1H3,(H2,22,25)(H,23,27)(H,28,29)/t17-/m0/s1. The summed E-state index contributed by atoms with van der Waals surface area (Å²) in [4.78, 5) is 31.9. The van der Waals surface area contributed by atoms with E-state index >= 15 is 0 Å². The SMILES string of the molecule is CNC(=O)c1nc(-c2cccc(CN[C@H](C(=O)O)c3ccccc3)c2)cnc1N. The minimum Gasteiger partial charge on any atom is -0.480 e. The zero-order valence-electron chi connectivity index (χ0n) is 15.8. The summed E-state index contributed by atoms with van der Waals surface area (Å²) in [5.74, 6) is -1.31. The van der Waals surface area contributed by atoms with E-state index in [0.717, 1.165) is 11.1 Å². The molecule has 3 rings (SSSR count). The number of nitrogens with two attached hydrogens (primary N) is 1. The van der Waals surface area contributed by atoms with Crippen molar-refractivity contribution >= 4 is 17.7 Å². The number of carbonyl (C=O) groups is 2. The first-order chi connectivity index (χ1) is 14.0. The number of nitrogens with one attached hydrogen (secondary N) is 2. The van der Waals surface area contributed by atoms with Gasteiger partial charge in [-0.3, -0.25) is 14.9 Å². The lowest BCUT2D eigenvalue weighted by Crippen LogP contribution is -2.28. The lowest BCUT2D eigenvalue weighted by molar-refractivity contribution is -0.139. The largest absolute Gasteiger partial charge is 0.480 e. The van der Waals surface area contributed by atoms with Crippen molar-refractivity contribution in [1.82, 2.24) is 20.6 Å². The van der Waals surface area contributed by atoms with Gasteiger partial charge in [-0.25, -0.2) is 9.97 Å². The summed E-state index contributed by atoms with van der Waals surface area (Å²) in [7, 11) is 1.49. The zero-order valence-corrected chi connectivity index (χ0v) is 15.8. The van der Waals surface area contributed by atoms with Crippen LogP contribution >= 0.6 is 0 Å². The van der Waals surface area contributed by atoms with Gasteiger partial charge >= 0.3 is 5.97 Å². The van der Waals surface area contributed by atoms with Crippen molar-refractivity contribution in [2.24, 2.45) is 0 Å². The molecule has 148 valence electrons. The number of carboxylic acids is 1. The second-order valence-electron chi connectivity index (χ2n) is 6.33. The molecule has 0 fully saturated rings. The summed E-state index contributed by atoms with van der Waals surface area (Å²) in [6, 6.07) is 15.6. The number of carboxylic acid groups (broad SMARTS) is 1. The maximum Gasteiger partial charge on any atom is 0.325 e. The first kappa shape index (κ1) is 20.0. The van der Waals surface area contributed by atoms with Crippen LogP contribution in [-0.2, 0) is 11.3 Å². The van der Waals surface area contributed by atoms with Crippen molar-refractivity contribution in [3.63, 3.8) is 0 Å². The van der Waals surface area contributed by atoms with E-state index in [-0.39, 0.29) is 11.5 Å². The Morgan fingerprint density at radius 3 is 2.59 bits per heavy atom. The number of aliphatic carboxylic acids is 1. The minimum atomic E-state index is -0.952. The molecule has 2 aromatic carbocycles. The molecule has 0 aliphatic rings. The van der Waals surface area contributed by atoms with Crippen LogP contribution in [0, 0.1) is 0 Å². The van der Waals surface area contributed by atoms with E-state index in [2.05, 4.69) is 20.6 Å². The van der Waals surface area contributed by atoms with Crippen molar-refractivity contribution in [3.8, 4) is 11.3 Å². The first-order valence-electron chi connectivity index (χ1n) is 8.94. The molecule has 0 bridgehead atoms. The number of anilines is 1. The van der Waals surface area contributed by atoms with Crippen LogP contribution in [-0.4, -0.2) is 34.0 Å². The van der Waals surface area contributed by atoms with Crippen molar-refractivity contribution in [3.05, 3.63) is 77.6 Å². The van der Waals surface area contributed by atoms with Gasteiger partial charge in [-0.15, -0.1) is 0 Å². The Kier molecular flexibility index (Phi) is 6.16. The van der Waals surface area contributed by atoms with Gasteiger partial charge < -0.3 is 16.2 Å². The predicted octanol–water partition coefficient (Wildman–Crippen LogP) is 2.00. The van der Waals surface area contributed by atoms with Gasteiger partial charge in [-0.2, -0.15) is 0 Å². The van der Waals surface area contributed by atoms with E-state index in [0.29, 0.717) is 17.8 Å². The number of hydrogen-bond donors (Lipinski definition) is 4. The highest BCUT2D eigenvalue weighted by Gasteiger charge is 2.19. The van der Waals surface area contributed by atoms with Gasteiger partial charge in [0.1, 0.15) is 6.04 Å². The molecule has 5 N–H and O–H groups in total. The molecule has 1 heterocycles. The first-order valence-corrected chi connectivity index (χ1v) is 8.94. The summed E-state index contributed by atoms with van der Waals surface area (Å²) in [5.41, 5.74) is 8.58. The zero-order chi connectivity index (χ0) is 20.8. The number of amides is 1. The molecule has 0 unspecified atom stereocenters. The summed E-state index contributed by atoms with van der Waals surface area (Å²) < 4.78 is 0. The number of nitrogen functional groups attached to an aromatic ring is 1. The molecule has 1 atom stereocenters. The maximum absolute atomic E-state index is 11.9. The van der Waals surface area contributed by atoms with E-state index in [9.17, 15) is 14.7 Å². The summed E-state index contributed by atoms with van der Waals surface area (Å²) >= 11 is 0. The Balaban J connectivity index is 1.81. The van der Waals surface area contributed by atoms with Gasteiger partial charge in [0.25, 0.3) is 5.91 Å². The molecule has 0 aliphatic heterocycles. The molecule has 0 saturated carbocycles. The minimum absolute atomic E-state index is 0.0538. The third kappa shape index (κ3) is 4.74. The maximum atomic E-state index is 11.9. The number of rotatable bonds is 7. The molecule has 3 aromatic rings. The molecule has 1 amide bonds. The predicted molar refractivity (Wildman–Crippen MR) is 109 cm³/mol. The number of aromatic nitrogens is 2. The number of benzene rings is 2. The van der Waals surface area contributed by atoms with Crippen molar-refractivity contribution in [1.29, 1.82) is 0 Å². The Bertz CT molecular complexity index is 1020. The molecule has 29 heavy (non-hydrogen) atoms. The quantitative estimate of drug-likeness (QED) is 0.484. The van der Waals surface area contributed by atoms with Gasteiger partial charge in [0.05, 0.1) is 11.9 Å². The second kappa shape index (κ2) is 8.94. The topological polar surface area (TPSA) is 130 Å². The third-order valence-corrected chi connectivity index (χ3v) is 4.36. The van der Waals surface area contributed by atoms with Crippen LogP contribution in [0.25, 0.3) is 11.3 Å². The lowest BCUT2D eigenvalue weighted by atomic mass is 10.1. The molecule has 8 nitrogen and oxygen atoms in total. The van der Waals surface area contributed by atoms with Crippen LogP contribution in [0.2, 0.25) is 0 Å². The molecule has 8 heteroatoms. The molecule has 0 spiro atoms. The fourth-order valence-electron chi connectivity index (χ4n) is 2.88. The van der Waals surface area contributed by atoms with E-state index in [4.69, 9.17) is 5.73 Å². The monoisotopic (exact) mass is 391 g/mol. The Labute approximate surface area is 167 Å². The Hall–Kier alpha value is -3.78. The third-order valence-electron chi connectivity index (χ3n) is 4.36. The van der Waals surface area contributed by atoms with Gasteiger partial charge in [-0.05, 0) is 17.2 Å². The van der Waals surface area contributed by atoms with Crippen LogP contribution in [0.15, 0.2) is 60.8 Å². The van der Waals surface area contributed by atoms with Gasteiger partial charge in [0.2, 0.25) is 0 Å².